The van der Waals surface area contributed by atoms with Gasteiger partial charge in [-0.2, -0.15) is 0 Å². The molecule has 0 aromatic heterocycles. The Morgan fingerprint density at radius 1 is 0.935 bits per heavy atom. The number of carbonyl (C=O) groups excluding carboxylic acids is 1. The molecule has 3 N–H and O–H groups in total. The van der Waals surface area contributed by atoms with E-state index in [0.29, 0.717) is 18.7 Å². The predicted molar refractivity (Wildman–Crippen MR) is 127 cm³/mol. The smallest absolute Gasteiger partial charge is 0.251 e. The number of halogens is 1. The quantitative estimate of drug-likeness (QED) is 0.384. The maximum Gasteiger partial charge on any atom is 0.251 e. The van der Waals surface area contributed by atoms with Crippen LogP contribution in [0.25, 0.3) is 6.08 Å². The molecule has 3 aromatic carbocycles. The van der Waals surface area contributed by atoms with Gasteiger partial charge >= 0.3 is 0 Å². The third kappa shape index (κ3) is 7.59. The number of phenolic OH excluding ortho intramolecular Hbond substituents is 1. The van der Waals surface area contributed by atoms with Crippen molar-refractivity contribution in [1.82, 2.24) is 10.6 Å². The minimum Gasteiger partial charge on any atom is -0.508 e. The van der Waals surface area contributed by atoms with E-state index in [1.807, 2.05) is 72.8 Å². The summed E-state index contributed by atoms with van der Waals surface area (Å²) < 4.78 is 0. The highest BCUT2D eigenvalue weighted by Gasteiger charge is 2.09. The molecule has 0 bridgehead atoms. The Bertz CT molecular complexity index is 999. The molecule has 0 fully saturated rings. The zero-order chi connectivity index (χ0) is 21.9. The van der Waals surface area contributed by atoms with Gasteiger partial charge in [0.2, 0.25) is 0 Å². The Kier molecular flexibility index (Phi) is 8.71. The Balaban J connectivity index is 1.43. The van der Waals surface area contributed by atoms with E-state index in [2.05, 4.69) is 10.6 Å². The highest BCUT2D eigenvalue weighted by Crippen LogP contribution is 2.12. The first kappa shape index (κ1) is 22.6. The van der Waals surface area contributed by atoms with Gasteiger partial charge in [0, 0.05) is 23.7 Å². The second-order valence-corrected chi connectivity index (χ2v) is 7.69. The summed E-state index contributed by atoms with van der Waals surface area (Å²) in [6, 6.07) is 22.5. The van der Waals surface area contributed by atoms with Gasteiger partial charge in [-0.1, -0.05) is 66.2 Å². The lowest BCUT2D eigenvalue weighted by Gasteiger charge is -2.11. The highest BCUT2D eigenvalue weighted by atomic mass is 35.5. The lowest BCUT2D eigenvalue weighted by Crippen LogP contribution is -2.26. The fraction of sp³-hybridized carbons (Fsp3) is 0.192. The summed E-state index contributed by atoms with van der Waals surface area (Å²) in [6.07, 6.45) is 5.67. The number of carbonyl (C=O) groups is 1. The Morgan fingerprint density at radius 2 is 1.68 bits per heavy atom. The minimum atomic E-state index is -0.0594. The van der Waals surface area contributed by atoms with Gasteiger partial charge < -0.3 is 15.7 Å². The number of benzene rings is 3. The molecule has 3 rings (SSSR count). The molecule has 31 heavy (non-hydrogen) atoms. The molecule has 0 aliphatic rings. The summed E-state index contributed by atoms with van der Waals surface area (Å²) in [7, 11) is 0. The zero-order valence-corrected chi connectivity index (χ0v) is 18.1. The normalized spacial score (nSPS) is 11.0. The second-order valence-electron chi connectivity index (χ2n) is 7.25. The van der Waals surface area contributed by atoms with Crippen molar-refractivity contribution in [3.63, 3.8) is 0 Å². The van der Waals surface area contributed by atoms with Gasteiger partial charge in [-0.25, -0.2) is 0 Å². The van der Waals surface area contributed by atoms with Crippen molar-refractivity contribution in [2.24, 2.45) is 0 Å². The van der Waals surface area contributed by atoms with Crippen LogP contribution >= 0.6 is 11.6 Å². The molecule has 0 unspecified atom stereocenters. The van der Waals surface area contributed by atoms with Crippen LogP contribution < -0.4 is 10.6 Å². The fourth-order valence-corrected chi connectivity index (χ4v) is 3.30. The molecule has 0 heterocycles. The van der Waals surface area contributed by atoms with Crippen LogP contribution in [0.2, 0.25) is 5.02 Å². The van der Waals surface area contributed by atoms with Gasteiger partial charge in [-0.3, -0.25) is 4.79 Å². The predicted octanol–water partition coefficient (Wildman–Crippen LogP) is 5.21. The largest absolute Gasteiger partial charge is 0.508 e. The molecule has 4 nitrogen and oxygen atoms in total. The molecule has 0 spiro atoms. The Hall–Kier alpha value is -3.08. The Labute approximate surface area is 188 Å². The summed E-state index contributed by atoms with van der Waals surface area (Å²) in [6.45, 7) is 1.99. The topological polar surface area (TPSA) is 61.4 Å². The van der Waals surface area contributed by atoms with Gasteiger partial charge in [-0.05, 0) is 66.4 Å². The number of phenols is 1. The summed E-state index contributed by atoms with van der Waals surface area (Å²) >= 11 is 5.89. The molecule has 1 amide bonds. The van der Waals surface area contributed by atoms with Gasteiger partial charge in [0.1, 0.15) is 5.75 Å². The molecule has 3 aromatic rings. The van der Waals surface area contributed by atoms with Gasteiger partial charge in [0.25, 0.3) is 5.91 Å². The summed E-state index contributed by atoms with van der Waals surface area (Å²) in [4.78, 5) is 12.6. The van der Waals surface area contributed by atoms with Gasteiger partial charge in [-0.15, -0.1) is 0 Å². The average Bonchev–Trinajstić information content (AvgIpc) is 2.79. The van der Waals surface area contributed by atoms with Crippen LogP contribution in [0.3, 0.4) is 0 Å². The van der Waals surface area contributed by atoms with Crippen molar-refractivity contribution in [3.8, 4) is 5.75 Å². The van der Waals surface area contributed by atoms with Crippen LogP contribution in [0.15, 0.2) is 78.9 Å². The van der Waals surface area contributed by atoms with Crippen molar-refractivity contribution in [1.29, 1.82) is 0 Å². The van der Waals surface area contributed by atoms with E-state index in [1.165, 1.54) is 0 Å². The molecular formula is C26H27ClN2O2. The molecule has 0 atom stereocenters. The maximum absolute atomic E-state index is 12.6. The first-order chi connectivity index (χ1) is 15.1. The Morgan fingerprint density at radius 3 is 2.45 bits per heavy atom. The van der Waals surface area contributed by atoms with Crippen molar-refractivity contribution < 1.29 is 9.90 Å². The first-order valence-electron chi connectivity index (χ1n) is 10.4. The van der Waals surface area contributed by atoms with Crippen molar-refractivity contribution in [2.45, 2.75) is 19.4 Å². The summed E-state index contributed by atoms with van der Waals surface area (Å²) in [5.41, 5.74) is 3.91. The molecular weight excluding hydrogens is 408 g/mol. The lowest BCUT2D eigenvalue weighted by molar-refractivity contribution is 0.0953. The lowest BCUT2D eigenvalue weighted by atomic mass is 10.1. The van der Waals surface area contributed by atoms with Crippen LogP contribution in [-0.2, 0) is 13.0 Å². The number of hydrogen-bond acceptors (Lipinski definition) is 3. The van der Waals surface area contributed by atoms with Gasteiger partial charge in [0.15, 0.2) is 0 Å². The first-order valence-corrected chi connectivity index (χ1v) is 10.8. The number of aromatic hydroxyl groups is 1. The van der Waals surface area contributed by atoms with Crippen molar-refractivity contribution in [3.05, 3.63) is 106 Å². The average molecular weight is 435 g/mol. The number of rotatable bonds is 10. The monoisotopic (exact) mass is 434 g/mol. The minimum absolute atomic E-state index is 0.0594. The molecule has 0 aliphatic heterocycles. The van der Waals surface area contributed by atoms with Crippen molar-refractivity contribution in [2.75, 3.05) is 13.1 Å². The van der Waals surface area contributed by atoms with Crippen LogP contribution in [-0.4, -0.2) is 24.1 Å². The fourth-order valence-electron chi connectivity index (χ4n) is 3.17. The van der Waals surface area contributed by atoms with E-state index in [1.54, 1.807) is 12.1 Å². The van der Waals surface area contributed by atoms with Crippen molar-refractivity contribution >= 4 is 23.6 Å². The van der Waals surface area contributed by atoms with E-state index >= 15 is 0 Å². The van der Waals surface area contributed by atoms with E-state index in [4.69, 9.17) is 11.6 Å². The third-order valence-corrected chi connectivity index (χ3v) is 5.13. The van der Waals surface area contributed by atoms with E-state index in [9.17, 15) is 9.90 Å². The second kappa shape index (κ2) is 11.9. The van der Waals surface area contributed by atoms with Crippen LogP contribution in [0.1, 0.15) is 33.5 Å². The number of amides is 1. The molecule has 160 valence electrons. The molecule has 0 radical (unpaired) electrons. The van der Waals surface area contributed by atoms with Gasteiger partial charge in [0.05, 0.1) is 0 Å². The maximum atomic E-state index is 12.6. The molecule has 5 heteroatoms. The zero-order valence-electron chi connectivity index (χ0n) is 17.4. The van der Waals surface area contributed by atoms with Crippen LogP contribution in [0, 0.1) is 0 Å². The highest BCUT2D eigenvalue weighted by molar-refractivity contribution is 6.30. The molecule has 0 saturated carbocycles. The number of nitrogens with one attached hydrogen (secondary N) is 2. The SMILES string of the molecule is O=C(NCC/C=C/c1ccc(Cl)cc1)c1ccccc1CNCCc1ccc(O)cc1. The third-order valence-electron chi connectivity index (χ3n) is 4.88. The van der Waals surface area contributed by atoms with E-state index < -0.39 is 0 Å². The van der Waals surface area contributed by atoms with Crippen LogP contribution in [0.4, 0.5) is 0 Å². The molecule has 0 saturated heterocycles. The van der Waals surface area contributed by atoms with E-state index in [-0.39, 0.29) is 11.7 Å². The standard InChI is InChI=1S/C26H27ClN2O2/c27-23-12-8-20(9-13-23)5-3-4-17-29-26(31)25-7-2-1-6-22(25)19-28-18-16-21-10-14-24(30)15-11-21/h1-3,5-15,28,30H,4,16-19H2,(H,29,31)/b5-3+. The summed E-state index contributed by atoms with van der Waals surface area (Å²) in [5.74, 6) is 0.216. The molecule has 0 aliphatic carbocycles. The van der Waals surface area contributed by atoms with Crippen LogP contribution in [0.5, 0.6) is 5.75 Å². The van der Waals surface area contributed by atoms with E-state index in [0.717, 1.165) is 41.1 Å². The summed E-state index contributed by atoms with van der Waals surface area (Å²) in [5, 5.41) is 16.5. The number of hydrogen-bond donors (Lipinski definition) is 3.